The van der Waals surface area contributed by atoms with Gasteiger partial charge in [-0.15, -0.1) is 0 Å². The largest absolute Gasteiger partial charge is 0.492 e. The number of carboxylic acids is 1. The molecule has 194 valence electrons. The summed E-state index contributed by atoms with van der Waals surface area (Å²) < 4.78 is 47.8. The van der Waals surface area contributed by atoms with Crippen molar-refractivity contribution in [1.29, 1.82) is 0 Å². The summed E-state index contributed by atoms with van der Waals surface area (Å²) in [4.78, 5) is 24.9. The molecule has 1 rings (SSSR count). The van der Waals surface area contributed by atoms with Crippen molar-refractivity contribution in [3.05, 3.63) is 29.8 Å². The molecule has 10 heteroatoms. The average Bonchev–Trinajstić information content (AvgIpc) is 2.81. The molecule has 0 radical (unpaired) electrons. The number of aliphatic carboxylic acids is 1. The third-order valence-electron chi connectivity index (χ3n) is 4.94. The van der Waals surface area contributed by atoms with Gasteiger partial charge in [-0.2, -0.15) is 0 Å². The zero-order valence-corrected chi connectivity index (χ0v) is 20.3. The lowest BCUT2D eigenvalue weighted by molar-refractivity contribution is -0.149. The first kappa shape index (κ1) is 29.6. The first-order valence-electron chi connectivity index (χ1n) is 11.7. The van der Waals surface area contributed by atoms with Crippen molar-refractivity contribution < 1.29 is 42.4 Å². The molecule has 34 heavy (non-hydrogen) atoms. The minimum atomic E-state index is -2.89. The van der Waals surface area contributed by atoms with Gasteiger partial charge < -0.3 is 29.0 Å². The van der Waals surface area contributed by atoms with Crippen LogP contribution in [0.25, 0.3) is 0 Å². The van der Waals surface area contributed by atoms with Crippen LogP contribution in [0.5, 0.6) is 5.75 Å². The number of carbonyl (C=O) groups excluding carboxylic acids is 1. The van der Waals surface area contributed by atoms with E-state index in [1.165, 1.54) is 11.8 Å². The van der Waals surface area contributed by atoms with Gasteiger partial charge in [0.15, 0.2) is 6.10 Å². The number of benzene rings is 1. The SMILES string of the molecule is CCCCOC(=O)N(CCOCC(F)(F)CC)CCOc1ccc(CC(OCC)C(=O)O)cc1. The molecule has 1 atom stereocenters. The molecule has 0 saturated heterocycles. The summed E-state index contributed by atoms with van der Waals surface area (Å²) in [5, 5.41) is 9.19. The molecule has 0 fully saturated rings. The lowest BCUT2D eigenvalue weighted by Gasteiger charge is -2.23. The highest BCUT2D eigenvalue weighted by Gasteiger charge is 2.26. The normalized spacial score (nSPS) is 12.3. The molecule has 1 unspecified atom stereocenters. The molecule has 0 heterocycles. The Balaban J connectivity index is 2.57. The molecule has 1 aromatic rings. The maximum atomic E-state index is 13.3. The highest BCUT2D eigenvalue weighted by Crippen LogP contribution is 2.18. The van der Waals surface area contributed by atoms with E-state index in [1.807, 2.05) is 6.92 Å². The number of amides is 1. The van der Waals surface area contributed by atoms with Crippen molar-refractivity contribution in [2.45, 2.75) is 58.5 Å². The lowest BCUT2D eigenvalue weighted by atomic mass is 10.1. The number of hydrogen-bond donors (Lipinski definition) is 1. The van der Waals surface area contributed by atoms with Gasteiger partial charge in [0.05, 0.1) is 19.8 Å². The van der Waals surface area contributed by atoms with Crippen LogP contribution in [0.4, 0.5) is 13.6 Å². The fraction of sp³-hybridized carbons (Fsp3) is 0.667. The standard InChI is InChI=1S/C24H37F2NO7/c1-4-7-14-34-23(30)27(12-15-31-18-24(25,26)5-2)13-16-33-20-10-8-19(9-11-20)17-21(22(28)29)32-6-3/h8-11,21H,4-7,12-18H2,1-3H3,(H,28,29). The van der Waals surface area contributed by atoms with Crippen LogP contribution < -0.4 is 4.74 Å². The fourth-order valence-corrected chi connectivity index (χ4v) is 2.82. The molecule has 0 aromatic heterocycles. The van der Waals surface area contributed by atoms with Crippen molar-refractivity contribution in [1.82, 2.24) is 4.90 Å². The minimum absolute atomic E-state index is 0.0439. The molecule has 0 spiro atoms. The Morgan fingerprint density at radius 1 is 1.06 bits per heavy atom. The van der Waals surface area contributed by atoms with Gasteiger partial charge >= 0.3 is 12.1 Å². The van der Waals surface area contributed by atoms with Gasteiger partial charge in [-0.05, 0) is 31.0 Å². The number of carboxylic acid groups (broad SMARTS) is 1. The van der Waals surface area contributed by atoms with Crippen LogP contribution in [0.3, 0.4) is 0 Å². The van der Waals surface area contributed by atoms with E-state index in [4.69, 9.17) is 18.9 Å². The maximum Gasteiger partial charge on any atom is 0.409 e. The smallest absolute Gasteiger partial charge is 0.409 e. The summed E-state index contributed by atoms with van der Waals surface area (Å²) in [6.07, 6.45) is 0.0631. The predicted octanol–water partition coefficient (Wildman–Crippen LogP) is 4.40. The first-order valence-corrected chi connectivity index (χ1v) is 11.7. The van der Waals surface area contributed by atoms with E-state index in [9.17, 15) is 23.5 Å². The lowest BCUT2D eigenvalue weighted by Crippen LogP contribution is -2.38. The van der Waals surface area contributed by atoms with Gasteiger partial charge in [-0.3, -0.25) is 0 Å². The Morgan fingerprint density at radius 3 is 2.32 bits per heavy atom. The molecule has 0 saturated carbocycles. The van der Waals surface area contributed by atoms with Crippen LogP contribution in [0.1, 0.15) is 45.6 Å². The van der Waals surface area contributed by atoms with Crippen molar-refractivity contribution >= 4 is 12.1 Å². The summed E-state index contributed by atoms with van der Waals surface area (Å²) in [5.41, 5.74) is 0.787. The number of halogens is 2. The topological polar surface area (TPSA) is 94.5 Å². The average molecular weight is 490 g/mol. The van der Waals surface area contributed by atoms with E-state index >= 15 is 0 Å². The Bertz CT molecular complexity index is 716. The number of carbonyl (C=O) groups is 2. The summed E-state index contributed by atoms with van der Waals surface area (Å²) >= 11 is 0. The van der Waals surface area contributed by atoms with E-state index in [2.05, 4.69) is 0 Å². The third kappa shape index (κ3) is 12.1. The summed E-state index contributed by atoms with van der Waals surface area (Å²) in [6.45, 7) is 5.39. The zero-order valence-electron chi connectivity index (χ0n) is 20.3. The second-order valence-electron chi connectivity index (χ2n) is 7.70. The highest BCUT2D eigenvalue weighted by atomic mass is 19.3. The number of nitrogens with zero attached hydrogens (tertiary/aromatic N) is 1. The molecule has 1 aromatic carbocycles. The maximum absolute atomic E-state index is 13.3. The third-order valence-corrected chi connectivity index (χ3v) is 4.94. The Morgan fingerprint density at radius 2 is 1.74 bits per heavy atom. The van der Waals surface area contributed by atoms with Gasteiger partial charge in [-0.1, -0.05) is 32.4 Å². The molecule has 8 nitrogen and oxygen atoms in total. The molecule has 0 aliphatic heterocycles. The molecule has 0 aliphatic rings. The number of hydrogen-bond acceptors (Lipinski definition) is 6. The highest BCUT2D eigenvalue weighted by molar-refractivity contribution is 5.72. The quantitative estimate of drug-likeness (QED) is 0.306. The van der Waals surface area contributed by atoms with Crippen molar-refractivity contribution in [3.63, 3.8) is 0 Å². The van der Waals surface area contributed by atoms with Gasteiger partial charge in [0, 0.05) is 26.0 Å². The van der Waals surface area contributed by atoms with Crippen molar-refractivity contribution in [2.24, 2.45) is 0 Å². The van der Waals surface area contributed by atoms with Crippen LogP contribution in [-0.4, -0.2) is 80.2 Å². The van der Waals surface area contributed by atoms with Gasteiger partial charge in [0.1, 0.15) is 19.0 Å². The Kier molecular flexibility index (Phi) is 14.1. The minimum Gasteiger partial charge on any atom is -0.492 e. The van der Waals surface area contributed by atoms with Crippen molar-refractivity contribution in [3.8, 4) is 5.75 Å². The number of alkyl halides is 2. The monoisotopic (exact) mass is 489 g/mol. The second kappa shape index (κ2) is 16.2. The van der Waals surface area contributed by atoms with Crippen LogP contribution >= 0.6 is 0 Å². The zero-order chi connectivity index (χ0) is 25.4. The van der Waals surface area contributed by atoms with E-state index in [-0.39, 0.29) is 45.8 Å². The first-order chi connectivity index (χ1) is 16.2. The van der Waals surface area contributed by atoms with Crippen molar-refractivity contribution in [2.75, 3.05) is 46.1 Å². The summed E-state index contributed by atoms with van der Waals surface area (Å²) in [6, 6.07) is 6.92. The van der Waals surface area contributed by atoms with E-state index in [1.54, 1.807) is 31.2 Å². The van der Waals surface area contributed by atoms with E-state index in [0.29, 0.717) is 12.4 Å². The molecule has 1 amide bonds. The molecule has 0 bridgehead atoms. The van der Waals surface area contributed by atoms with Crippen LogP contribution in [0, 0.1) is 0 Å². The summed E-state index contributed by atoms with van der Waals surface area (Å²) in [7, 11) is 0. The fourth-order valence-electron chi connectivity index (χ4n) is 2.82. The van der Waals surface area contributed by atoms with E-state index in [0.717, 1.165) is 18.4 Å². The van der Waals surface area contributed by atoms with Crippen LogP contribution in [-0.2, 0) is 25.4 Å². The Hall–Kier alpha value is -2.46. The Labute approximate surface area is 200 Å². The van der Waals surface area contributed by atoms with E-state index < -0.39 is 30.7 Å². The molecular formula is C24H37F2NO7. The number of ether oxygens (including phenoxy) is 4. The number of rotatable bonds is 18. The van der Waals surface area contributed by atoms with Gasteiger partial charge in [-0.25, -0.2) is 18.4 Å². The van der Waals surface area contributed by atoms with Gasteiger partial charge in [0.25, 0.3) is 5.92 Å². The molecule has 0 aliphatic carbocycles. The summed E-state index contributed by atoms with van der Waals surface area (Å²) in [5.74, 6) is -3.37. The van der Waals surface area contributed by atoms with Gasteiger partial charge in [0.2, 0.25) is 0 Å². The number of unbranched alkanes of at least 4 members (excludes halogenated alkanes) is 1. The van der Waals surface area contributed by atoms with Crippen LogP contribution in [0.15, 0.2) is 24.3 Å². The molecule has 1 N–H and O–H groups in total. The predicted molar refractivity (Wildman–Crippen MR) is 123 cm³/mol. The van der Waals surface area contributed by atoms with Crippen LogP contribution in [0.2, 0.25) is 0 Å². The second-order valence-corrected chi connectivity index (χ2v) is 7.70. The molecular weight excluding hydrogens is 452 g/mol.